The van der Waals surface area contributed by atoms with E-state index in [4.69, 9.17) is 10.5 Å². The lowest BCUT2D eigenvalue weighted by atomic mass is 10.1. The van der Waals surface area contributed by atoms with Gasteiger partial charge in [0.2, 0.25) is 5.91 Å². The molecule has 1 heterocycles. The van der Waals surface area contributed by atoms with Crippen molar-refractivity contribution in [1.82, 2.24) is 5.32 Å². The third kappa shape index (κ3) is 3.19. The van der Waals surface area contributed by atoms with Gasteiger partial charge in [0.1, 0.15) is 6.10 Å². The number of primary amides is 1. The van der Waals surface area contributed by atoms with Gasteiger partial charge in [-0.3, -0.25) is 14.9 Å². The molecule has 2 rings (SSSR count). The summed E-state index contributed by atoms with van der Waals surface area (Å²) in [6.45, 7) is 1.66. The van der Waals surface area contributed by atoms with E-state index in [9.17, 15) is 14.9 Å². The van der Waals surface area contributed by atoms with Gasteiger partial charge in [-0.2, -0.15) is 0 Å². The number of benzene rings is 1. The third-order valence-corrected chi connectivity index (χ3v) is 3.02. The number of nitro groups is 1. The van der Waals surface area contributed by atoms with E-state index in [1.807, 2.05) is 0 Å². The second-order valence-corrected chi connectivity index (χ2v) is 4.37. The van der Waals surface area contributed by atoms with Crippen molar-refractivity contribution in [3.63, 3.8) is 0 Å². The third-order valence-electron chi connectivity index (χ3n) is 3.02. The zero-order valence-electron chi connectivity index (χ0n) is 10.3. The van der Waals surface area contributed by atoms with E-state index in [0.29, 0.717) is 0 Å². The van der Waals surface area contributed by atoms with Crippen molar-refractivity contribution in [3.05, 3.63) is 33.9 Å². The highest BCUT2D eigenvalue weighted by molar-refractivity contribution is 5.93. The van der Waals surface area contributed by atoms with Gasteiger partial charge in [-0.05, 0) is 38.1 Å². The molecule has 7 nitrogen and oxygen atoms in total. The Bertz CT molecular complexity index is 498. The average molecular weight is 265 g/mol. The van der Waals surface area contributed by atoms with Crippen LogP contribution in [0.1, 0.15) is 23.2 Å². The summed E-state index contributed by atoms with van der Waals surface area (Å²) in [5, 5.41) is 14.2. The monoisotopic (exact) mass is 265 g/mol. The van der Waals surface area contributed by atoms with Gasteiger partial charge in [0, 0.05) is 11.6 Å². The molecule has 102 valence electrons. The summed E-state index contributed by atoms with van der Waals surface area (Å²) in [4.78, 5) is 21.5. The number of hydrogen-bond acceptors (Lipinski definition) is 5. The normalized spacial score (nSPS) is 16.0. The minimum Gasteiger partial charge on any atom is -0.483 e. The summed E-state index contributed by atoms with van der Waals surface area (Å²) in [7, 11) is 0. The number of nitro benzene ring substituents is 1. The Balaban J connectivity index is 2.23. The first-order chi connectivity index (χ1) is 9.08. The van der Waals surface area contributed by atoms with Gasteiger partial charge in [-0.25, -0.2) is 0 Å². The topological polar surface area (TPSA) is 107 Å². The van der Waals surface area contributed by atoms with Crippen LogP contribution in [-0.4, -0.2) is 30.0 Å². The van der Waals surface area contributed by atoms with Crippen LogP contribution in [0.3, 0.4) is 0 Å². The number of carbonyl (C=O) groups excluding carboxylic acids is 1. The van der Waals surface area contributed by atoms with Gasteiger partial charge >= 0.3 is 5.69 Å². The molecule has 0 aromatic heterocycles. The maximum atomic E-state index is 11.0. The Kier molecular flexibility index (Phi) is 3.96. The summed E-state index contributed by atoms with van der Waals surface area (Å²) >= 11 is 0. The molecule has 0 bridgehead atoms. The van der Waals surface area contributed by atoms with Crippen molar-refractivity contribution < 1.29 is 14.5 Å². The van der Waals surface area contributed by atoms with Gasteiger partial charge < -0.3 is 15.8 Å². The number of amides is 1. The number of nitrogens with two attached hydrogens (primary N) is 1. The molecule has 0 radical (unpaired) electrons. The molecule has 0 aliphatic carbocycles. The number of rotatable bonds is 4. The lowest BCUT2D eigenvalue weighted by Crippen LogP contribution is -2.34. The van der Waals surface area contributed by atoms with E-state index in [1.54, 1.807) is 0 Å². The zero-order valence-corrected chi connectivity index (χ0v) is 10.3. The van der Waals surface area contributed by atoms with E-state index in [1.165, 1.54) is 12.1 Å². The Morgan fingerprint density at radius 2 is 2.11 bits per heavy atom. The molecule has 1 aliphatic rings. The van der Waals surface area contributed by atoms with Gasteiger partial charge in [-0.15, -0.1) is 0 Å². The molecule has 0 spiro atoms. The fourth-order valence-corrected chi connectivity index (χ4v) is 2.01. The highest BCUT2D eigenvalue weighted by Gasteiger charge is 2.22. The quantitative estimate of drug-likeness (QED) is 0.619. The maximum absolute atomic E-state index is 11.0. The number of carbonyl (C=O) groups is 1. The van der Waals surface area contributed by atoms with Crippen LogP contribution in [0.15, 0.2) is 18.2 Å². The second kappa shape index (κ2) is 5.66. The molecule has 1 fully saturated rings. The van der Waals surface area contributed by atoms with Crippen molar-refractivity contribution in [2.24, 2.45) is 5.73 Å². The largest absolute Gasteiger partial charge is 0.483 e. The predicted octanol–water partition coefficient (Wildman–Crippen LogP) is 0.824. The number of nitrogens with zero attached hydrogens (tertiary/aromatic N) is 1. The van der Waals surface area contributed by atoms with Crippen molar-refractivity contribution in [2.45, 2.75) is 18.9 Å². The van der Waals surface area contributed by atoms with Crippen LogP contribution in [-0.2, 0) is 0 Å². The summed E-state index contributed by atoms with van der Waals surface area (Å²) in [5.41, 5.74) is 4.98. The molecule has 1 amide bonds. The first-order valence-electron chi connectivity index (χ1n) is 6.03. The lowest BCUT2D eigenvalue weighted by Gasteiger charge is -2.23. The van der Waals surface area contributed by atoms with Crippen molar-refractivity contribution in [1.29, 1.82) is 0 Å². The van der Waals surface area contributed by atoms with Gasteiger partial charge in [0.25, 0.3) is 0 Å². The molecule has 0 atom stereocenters. The van der Waals surface area contributed by atoms with Crippen molar-refractivity contribution in [3.8, 4) is 5.75 Å². The predicted molar refractivity (Wildman–Crippen MR) is 68.1 cm³/mol. The fourth-order valence-electron chi connectivity index (χ4n) is 2.01. The van der Waals surface area contributed by atoms with E-state index in [-0.39, 0.29) is 23.1 Å². The lowest BCUT2D eigenvalue weighted by molar-refractivity contribution is -0.386. The standard InChI is InChI=1S/C12H15N3O4/c13-12(16)8-1-2-11(10(7-8)15(17)18)19-9-3-5-14-6-4-9/h1-2,7,9,14H,3-6H2,(H2,13,16). The number of piperidine rings is 1. The summed E-state index contributed by atoms with van der Waals surface area (Å²) < 4.78 is 5.65. The minimum atomic E-state index is -0.698. The Hall–Kier alpha value is -2.15. The van der Waals surface area contributed by atoms with Crippen LogP contribution in [0.2, 0.25) is 0 Å². The van der Waals surface area contributed by atoms with Crippen molar-refractivity contribution in [2.75, 3.05) is 13.1 Å². The van der Waals surface area contributed by atoms with E-state index >= 15 is 0 Å². The van der Waals surface area contributed by atoms with E-state index in [0.717, 1.165) is 32.0 Å². The van der Waals surface area contributed by atoms with Crippen LogP contribution in [0.5, 0.6) is 5.75 Å². The fraction of sp³-hybridized carbons (Fsp3) is 0.417. The smallest absolute Gasteiger partial charge is 0.311 e. The van der Waals surface area contributed by atoms with Crippen molar-refractivity contribution >= 4 is 11.6 Å². The minimum absolute atomic E-state index is 0.0422. The number of nitrogens with one attached hydrogen (secondary N) is 1. The molecular weight excluding hydrogens is 250 g/mol. The molecule has 1 aromatic carbocycles. The molecule has 1 aromatic rings. The van der Waals surface area contributed by atoms with Crippen LogP contribution in [0, 0.1) is 10.1 Å². The summed E-state index contributed by atoms with van der Waals surface area (Å²) in [6, 6.07) is 4.02. The van der Waals surface area contributed by atoms with E-state index < -0.39 is 10.8 Å². The first kappa shape index (κ1) is 13.3. The highest BCUT2D eigenvalue weighted by atomic mass is 16.6. The Labute approximate surface area is 109 Å². The van der Waals surface area contributed by atoms with Gasteiger partial charge in [0.05, 0.1) is 4.92 Å². The molecule has 0 unspecified atom stereocenters. The maximum Gasteiger partial charge on any atom is 0.311 e. The van der Waals surface area contributed by atoms with Crippen LogP contribution in [0.25, 0.3) is 0 Å². The molecule has 7 heteroatoms. The second-order valence-electron chi connectivity index (χ2n) is 4.37. The zero-order chi connectivity index (χ0) is 13.8. The van der Waals surface area contributed by atoms with Crippen LogP contribution < -0.4 is 15.8 Å². The van der Waals surface area contributed by atoms with E-state index in [2.05, 4.69) is 5.32 Å². The average Bonchev–Trinajstić information content (AvgIpc) is 2.39. The molecule has 19 heavy (non-hydrogen) atoms. The summed E-state index contributed by atoms with van der Waals surface area (Å²) in [6.07, 6.45) is 1.56. The van der Waals surface area contributed by atoms with Gasteiger partial charge in [-0.1, -0.05) is 0 Å². The number of hydrogen-bond donors (Lipinski definition) is 2. The number of ether oxygens (including phenoxy) is 1. The molecule has 1 saturated heterocycles. The Morgan fingerprint density at radius 1 is 1.42 bits per heavy atom. The van der Waals surface area contributed by atoms with Crippen LogP contribution >= 0.6 is 0 Å². The molecule has 0 saturated carbocycles. The molecular formula is C12H15N3O4. The SMILES string of the molecule is NC(=O)c1ccc(OC2CCNCC2)c([N+](=O)[O-])c1. The van der Waals surface area contributed by atoms with Crippen LogP contribution in [0.4, 0.5) is 5.69 Å². The molecule has 1 aliphatic heterocycles. The summed E-state index contributed by atoms with van der Waals surface area (Å²) in [5.74, 6) is -0.515. The Morgan fingerprint density at radius 3 is 2.68 bits per heavy atom. The van der Waals surface area contributed by atoms with Gasteiger partial charge in [0.15, 0.2) is 5.75 Å². The molecule has 3 N–H and O–H groups in total. The first-order valence-corrected chi connectivity index (χ1v) is 6.03. The highest BCUT2D eigenvalue weighted by Crippen LogP contribution is 2.29.